The van der Waals surface area contributed by atoms with E-state index >= 15 is 0 Å². The lowest BCUT2D eigenvalue weighted by Crippen LogP contribution is -2.26. The lowest BCUT2D eigenvalue weighted by molar-refractivity contribution is 0.341. The molecule has 0 aromatic rings. The quantitative estimate of drug-likeness (QED) is 0.489. The molecule has 0 spiro atoms. The molecule has 0 unspecified atom stereocenters. The summed E-state index contributed by atoms with van der Waals surface area (Å²) in [5.41, 5.74) is 1.44. The Kier molecular flexibility index (Phi) is 1.30. The zero-order valence-corrected chi connectivity index (χ0v) is 6.38. The summed E-state index contributed by atoms with van der Waals surface area (Å²) in [6.45, 7) is 4.73. The van der Waals surface area contributed by atoms with Crippen LogP contribution in [0.5, 0.6) is 0 Å². The molecule has 10 heavy (non-hydrogen) atoms. The summed E-state index contributed by atoms with van der Waals surface area (Å²) in [5.74, 6) is 0.746. The van der Waals surface area contributed by atoms with Crippen LogP contribution in [0.15, 0.2) is 23.9 Å². The molecular formula is C9H13N. The van der Waals surface area contributed by atoms with Crippen molar-refractivity contribution in [1.82, 2.24) is 4.90 Å². The fraction of sp³-hybridized carbons (Fsp3) is 0.556. The van der Waals surface area contributed by atoms with E-state index in [1.807, 2.05) is 0 Å². The summed E-state index contributed by atoms with van der Waals surface area (Å²) in [4.78, 5) is 2.46. The normalized spacial score (nSPS) is 30.3. The number of hydrogen-bond donors (Lipinski definition) is 0. The molecule has 1 nitrogen and oxygen atoms in total. The van der Waals surface area contributed by atoms with E-state index in [0.717, 1.165) is 5.92 Å². The van der Waals surface area contributed by atoms with E-state index < -0.39 is 0 Å². The molecule has 54 valence electrons. The van der Waals surface area contributed by atoms with Crippen molar-refractivity contribution in [3.63, 3.8) is 0 Å². The molecule has 0 amide bonds. The van der Waals surface area contributed by atoms with Crippen LogP contribution in [-0.2, 0) is 0 Å². The zero-order chi connectivity index (χ0) is 6.97. The average molecular weight is 135 g/mol. The SMILES string of the molecule is C[C@@H]1C=CC2=CCCN2C1. The number of hydrogen-bond acceptors (Lipinski definition) is 1. The van der Waals surface area contributed by atoms with Gasteiger partial charge < -0.3 is 4.90 Å². The highest BCUT2D eigenvalue weighted by atomic mass is 15.1. The van der Waals surface area contributed by atoms with Gasteiger partial charge in [-0.15, -0.1) is 0 Å². The Bertz CT molecular complexity index is 191. The largest absolute Gasteiger partial charge is 0.371 e. The van der Waals surface area contributed by atoms with Crippen LogP contribution < -0.4 is 0 Å². The third-order valence-corrected chi connectivity index (χ3v) is 2.22. The highest BCUT2D eigenvalue weighted by molar-refractivity contribution is 5.24. The Hall–Kier alpha value is -0.720. The lowest BCUT2D eigenvalue weighted by Gasteiger charge is -2.26. The van der Waals surface area contributed by atoms with E-state index in [1.165, 1.54) is 25.2 Å². The fourth-order valence-electron chi connectivity index (χ4n) is 1.67. The first-order valence-corrected chi connectivity index (χ1v) is 3.99. The summed E-state index contributed by atoms with van der Waals surface area (Å²) >= 11 is 0. The molecule has 1 heteroatoms. The second-order valence-electron chi connectivity index (χ2n) is 3.20. The molecule has 2 rings (SSSR count). The minimum atomic E-state index is 0.746. The van der Waals surface area contributed by atoms with Crippen LogP contribution in [0.2, 0.25) is 0 Å². The van der Waals surface area contributed by atoms with E-state index in [-0.39, 0.29) is 0 Å². The smallest absolute Gasteiger partial charge is 0.0323 e. The van der Waals surface area contributed by atoms with Gasteiger partial charge in [0.05, 0.1) is 0 Å². The van der Waals surface area contributed by atoms with Crippen LogP contribution >= 0.6 is 0 Å². The highest BCUT2D eigenvalue weighted by Gasteiger charge is 2.17. The topological polar surface area (TPSA) is 3.24 Å². The van der Waals surface area contributed by atoms with Crippen LogP contribution in [0.1, 0.15) is 13.3 Å². The molecule has 0 saturated heterocycles. The van der Waals surface area contributed by atoms with Gasteiger partial charge in [-0.05, 0) is 18.4 Å². The Balaban J connectivity index is 2.21. The second kappa shape index (κ2) is 2.15. The number of rotatable bonds is 0. The molecule has 0 fully saturated rings. The fourth-order valence-corrected chi connectivity index (χ4v) is 1.67. The van der Waals surface area contributed by atoms with Crippen molar-refractivity contribution in [2.24, 2.45) is 5.92 Å². The molecule has 0 N–H and O–H groups in total. The van der Waals surface area contributed by atoms with E-state index in [0.29, 0.717) is 0 Å². The molecule has 0 saturated carbocycles. The van der Waals surface area contributed by atoms with Crippen molar-refractivity contribution in [3.8, 4) is 0 Å². The molecule has 2 heterocycles. The summed E-state index contributed by atoms with van der Waals surface area (Å²) < 4.78 is 0. The van der Waals surface area contributed by atoms with Gasteiger partial charge in [-0.2, -0.15) is 0 Å². The molecule has 0 bridgehead atoms. The van der Waals surface area contributed by atoms with Gasteiger partial charge in [0, 0.05) is 18.8 Å². The van der Waals surface area contributed by atoms with E-state index in [9.17, 15) is 0 Å². The monoisotopic (exact) mass is 135 g/mol. The Morgan fingerprint density at radius 1 is 1.60 bits per heavy atom. The molecule has 2 aliphatic rings. The van der Waals surface area contributed by atoms with Crippen LogP contribution in [0.3, 0.4) is 0 Å². The number of allylic oxidation sites excluding steroid dienone is 1. The van der Waals surface area contributed by atoms with Crippen molar-refractivity contribution in [2.75, 3.05) is 13.1 Å². The van der Waals surface area contributed by atoms with E-state index in [2.05, 4.69) is 30.1 Å². The van der Waals surface area contributed by atoms with E-state index in [4.69, 9.17) is 0 Å². The van der Waals surface area contributed by atoms with Crippen molar-refractivity contribution in [2.45, 2.75) is 13.3 Å². The maximum atomic E-state index is 2.46. The first-order valence-electron chi connectivity index (χ1n) is 3.99. The maximum absolute atomic E-state index is 2.46. The molecule has 0 aliphatic carbocycles. The minimum Gasteiger partial charge on any atom is -0.371 e. The number of nitrogens with zero attached hydrogens (tertiary/aromatic N) is 1. The maximum Gasteiger partial charge on any atom is 0.0323 e. The average Bonchev–Trinajstić information content (AvgIpc) is 2.33. The predicted molar refractivity (Wildman–Crippen MR) is 42.6 cm³/mol. The van der Waals surface area contributed by atoms with Gasteiger partial charge in [-0.25, -0.2) is 0 Å². The summed E-state index contributed by atoms with van der Waals surface area (Å²) in [6, 6.07) is 0. The van der Waals surface area contributed by atoms with Crippen molar-refractivity contribution in [3.05, 3.63) is 23.9 Å². The van der Waals surface area contributed by atoms with Gasteiger partial charge in [0.15, 0.2) is 0 Å². The molecule has 1 atom stereocenters. The van der Waals surface area contributed by atoms with Crippen LogP contribution in [0.25, 0.3) is 0 Å². The third-order valence-electron chi connectivity index (χ3n) is 2.22. The van der Waals surface area contributed by atoms with Gasteiger partial charge in [-0.1, -0.05) is 19.1 Å². The van der Waals surface area contributed by atoms with Gasteiger partial charge >= 0.3 is 0 Å². The molecular weight excluding hydrogens is 122 g/mol. The van der Waals surface area contributed by atoms with E-state index in [1.54, 1.807) is 0 Å². The van der Waals surface area contributed by atoms with Crippen LogP contribution in [0, 0.1) is 5.92 Å². The lowest BCUT2D eigenvalue weighted by atomic mass is 10.1. The molecule has 0 aromatic carbocycles. The Labute approximate surface area is 62.0 Å². The van der Waals surface area contributed by atoms with Gasteiger partial charge in [0.1, 0.15) is 0 Å². The van der Waals surface area contributed by atoms with Gasteiger partial charge in [-0.3, -0.25) is 0 Å². The molecule has 0 radical (unpaired) electrons. The first-order chi connectivity index (χ1) is 4.86. The van der Waals surface area contributed by atoms with Crippen molar-refractivity contribution >= 4 is 0 Å². The third kappa shape index (κ3) is 0.859. The zero-order valence-electron chi connectivity index (χ0n) is 6.38. The van der Waals surface area contributed by atoms with Crippen molar-refractivity contribution in [1.29, 1.82) is 0 Å². The first kappa shape index (κ1) is 6.02. The second-order valence-corrected chi connectivity index (χ2v) is 3.20. The van der Waals surface area contributed by atoms with Crippen molar-refractivity contribution < 1.29 is 0 Å². The summed E-state index contributed by atoms with van der Waals surface area (Å²) in [5, 5.41) is 0. The number of fused-ring (bicyclic) bond motifs is 1. The highest BCUT2D eigenvalue weighted by Crippen LogP contribution is 2.22. The molecule has 0 aromatic heterocycles. The Morgan fingerprint density at radius 3 is 3.40 bits per heavy atom. The Morgan fingerprint density at radius 2 is 2.50 bits per heavy atom. The molecule has 2 aliphatic heterocycles. The summed E-state index contributed by atoms with van der Waals surface area (Å²) in [7, 11) is 0. The van der Waals surface area contributed by atoms with Crippen LogP contribution in [0.4, 0.5) is 0 Å². The van der Waals surface area contributed by atoms with Gasteiger partial charge in [0.2, 0.25) is 0 Å². The summed E-state index contributed by atoms with van der Waals surface area (Å²) in [6.07, 6.45) is 8.11. The standard InChI is InChI=1S/C9H13N/c1-8-4-5-9-3-2-6-10(9)7-8/h3-5,8H,2,6-7H2,1H3/t8-/m1/s1. The van der Waals surface area contributed by atoms with Gasteiger partial charge in [0.25, 0.3) is 0 Å². The predicted octanol–water partition coefficient (Wildman–Crippen LogP) is 1.78. The minimum absolute atomic E-state index is 0.746. The van der Waals surface area contributed by atoms with Crippen LogP contribution in [-0.4, -0.2) is 18.0 Å².